The van der Waals surface area contributed by atoms with Gasteiger partial charge >= 0.3 is 0 Å². The van der Waals surface area contributed by atoms with Crippen molar-refractivity contribution in [2.24, 2.45) is 0 Å². The lowest BCUT2D eigenvalue weighted by Crippen LogP contribution is -2.23. The van der Waals surface area contributed by atoms with E-state index >= 15 is 0 Å². The molecule has 0 fully saturated rings. The lowest BCUT2D eigenvalue weighted by Gasteiger charge is -2.12. The van der Waals surface area contributed by atoms with Gasteiger partial charge in [0.05, 0.1) is 18.9 Å². The summed E-state index contributed by atoms with van der Waals surface area (Å²) in [6, 6.07) is 0. The summed E-state index contributed by atoms with van der Waals surface area (Å²) in [5, 5.41) is 17.0. The number of aliphatic hydroxyl groups is 2. The van der Waals surface area contributed by atoms with Gasteiger partial charge in [-0.15, -0.1) is 0 Å². The van der Waals surface area contributed by atoms with Gasteiger partial charge in [0, 0.05) is 6.54 Å². The van der Waals surface area contributed by atoms with Crippen LogP contribution in [0.1, 0.15) is 0 Å². The van der Waals surface area contributed by atoms with Crippen molar-refractivity contribution in [2.75, 3.05) is 26.7 Å². The Hall–Kier alpha value is -0.540. The number of hydrogen-bond donors (Lipinski definition) is 2. The fraction of sp³-hybridized carbons (Fsp3) is 0.667. The molecule has 0 aliphatic carbocycles. The van der Waals surface area contributed by atoms with Gasteiger partial charge in [-0.1, -0.05) is 6.58 Å². The van der Waals surface area contributed by atoms with Crippen LogP contribution in [0.3, 0.4) is 0 Å². The highest BCUT2D eigenvalue weighted by atomic mass is 16.3. The maximum Gasteiger partial charge on any atom is 0.0991 e. The van der Waals surface area contributed by atoms with E-state index in [4.69, 9.17) is 10.2 Å². The van der Waals surface area contributed by atoms with Crippen molar-refractivity contribution >= 4 is 0 Å². The fourth-order valence-electron chi connectivity index (χ4n) is 0.561. The van der Waals surface area contributed by atoms with Gasteiger partial charge in [-0.25, -0.2) is 0 Å². The lowest BCUT2D eigenvalue weighted by molar-refractivity contribution is 0.214. The van der Waals surface area contributed by atoms with E-state index in [2.05, 4.69) is 6.58 Å². The van der Waals surface area contributed by atoms with Crippen LogP contribution in [0.5, 0.6) is 0 Å². The second-order valence-electron chi connectivity index (χ2n) is 2.03. The smallest absolute Gasteiger partial charge is 0.0991 e. The van der Waals surface area contributed by atoms with E-state index in [-0.39, 0.29) is 12.4 Å². The molecule has 0 aromatic heterocycles. The molecule has 0 saturated carbocycles. The Kier molecular flexibility index (Phi) is 4.09. The first kappa shape index (κ1) is 8.46. The van der Waals surface area contributed by atoms with Gasteiger partial charge in [0.1, 0.15) is 0 Å². The monoisotopic (exact) mass is 131 g/mol. The van der Waals surface area contributed by atoms with Crippen LogP contribution in [-0.2, 0) is 0 Å². The van der Waals surface area contributed by atoms with E-state index in [9.17, 15) is 0 Å². The molecule has 0 unspecified atom stereocenters. The van der Waals surface area contributed by atoms with Crippen LogP contribution in [0, 0.1) is 0 Å². The van der Waals surface area contributed by atoms with Crippen molar-refractivity contribution < 1.29 is 10.2 Å². The summed E-state index contributed by atoms with van der Waals surface area (Å²) in [7, 11) is 1.80. The molecule has 0 radical (unpaired) electrons. The van der Waals surface area contributed by atoms with Gasteiger partial charge in [0.25, 0.3) is 0 Å². The summed E-state index contributed by atoms with van der Waals surface area (Å²) in [4.78, 5) is 1.78. The van der Waals surface area contributed by atoms with Crippen molar-refractivity contribution in [1.82, 2.24) is 4.90 Å². The molecule has 0 aromatic rings. The summed E-state index contributed by atoms with van der Waals surface area (Å²) >= 11 is 0. The molecule has 9 heavy (non-hydrogen) atoms. The summed E-state index contributed by atoms with van der Waals surface area (Å²) in [6.45, 7) is 4.42. The molecule has 0 aliphatic heterocycles. The third-order valence-electron chi connectivity index (χ3n) is 0.934. The highest BCUT2D eigenvalue weighted by molar-refractivity contribution is 4.81. The first-order valence-electron chi connectivity index (χ1n) is 2.83. The number of likely N-dealkylation sites (N-methyl/N-ethyl adjacent to an activating group) is 1. The minimum absolute atomic E-state index is 0.115. The van der Waals surface area contributed by atoms with Crippen LogP contribution in [0.2, 0.25) is 0 Å². The molecule has 0 amide bonds. The largest absolute Gasteiger partial charge is 0.512 e. The standard InChI is InChI=1S/C6H13NO2/c1-6(9)5-7(2)3-4-8/h8-9H,1,3-5H2,2H3. The number of rotatable bonds is 4. The van der Waals surface area contributed by atoms with Gasteiger partial charge in [-0.2, -0.15) is 0 Å². The van der Waals surface area contributed by atoms with Gasteiger partial charge in [-0.3, -0.25) is 4.90 Å². The SMILES string of the molecule is C=C(O)CN(C)CCO. The summed E-state index contributed by atoms with van der Waals surface area (Å²) in [5.41, 5.74) is 0. The molecule has 0 aromatic carbocycles. The summed E-state index contributed by atoms with van der Waals surface area (Å²) < 4.78 is 0. The molecule has 0 spiro atoms. The fourth-order valence-corrected chi connectivity index (χ4v) is 0.561. The Morgan fingerprint density at radius 3 is 2.56 bits per heavy atom. The number of nitrogens with zero attached hydrogens (tertiary/aromatic N) is 1. The Bertz CT molecular complexity index is 93.1. The number of hydrogen-bond acceptors (Lipinski definition) is 3. The van der Waals surface area contributed by atoms with Crippen LogP contribution >= 0.6 is 0 Å². The molecule has 0 heterocycles. The van der Waals surface area contributed by atoms with E-state index in [1.54, 1.807) is 11.9 Å². The quantitative estimate of drug-likeness (QED) is 0.527. The second-order valence-corrected chi connectivity index (χ2v) is 2.03. The number of aliphatic hydroxyl groups excluding tert-OH is 2. The Labute approximate surface area is 55.2 Å². The topological polar surface area (TPSA) is 43.7 Å². The molecule has 54 valence electrons. The van der Waals surface area contributed by atoms with E-state index in [0.717, 1.165) is 0 Å². The third-order valence-corrected chi connectivity index (χ3v) is 0.934. The average Bonchev–Trinajstić information content (AvgIpc) is 1.63. The first-order valence-corrected chi connectivity index (χ1v) is 2.83. The van der Waals surface area contributed by atoms with E-state index in [1.165, 1.54) is 0 Å². The highest BCUT2D eigenvalue weighted by Crippen LogP contribution is 1.86. The highest BCUT2D eigenvalue weighted by Gasteiger charge is 1.96. The van der Waals surface area contributed by atoms with Gasteiger partial charge in [0.2, 0.25) is 0 Å². The lowest BCUT2D eigenvalue weighted by atomic mass is 10.5. The van der Waals surface area contributed by atoms with E-state index < -0.39 is 0 Å². The Balaban J connectivity index is 3.26. The zero-order valence-electron chi connectivity index (χ0n) is 5.67. The van der Waals surface area contributed by atoms with Crippen molar-refractivity contribution in [1.29, 1.82) is 0 Å². The molecule has 3 nitrogen and oxygen atoms in total. The third kappa shape index (κ3) is 5.33. The maximum absolute atomic E-state index is 8.63. The molecule has 0 bridgehead atoms. The molecule has 2 N–H and O–H groups in total. The molecular formula is C6H13NO2. The first-order chi connectivity index (χ1) is 4.16. The normalized spacial score (nSPS) is 10.1. The maximum atomic E-state index is 8.63. The van der Waals surface area contributed by atoms with Crippen LogP contribution in [-0.4, -0.2) is 41.9 Å². The molecular weight excluding hydrogens is 118 g/mol. The van der Waals surface area contributed by atoms with Gasteiger partial charge in [0.15, 0.2) is 0 Å². The van der Waals surface area contributed by atoms with E-state index in [0.29, 0.717) is 13.1 Å². The van der Waals surface area contributed by atoms with Crippen molar-refractivity contribution in [3.05, 3.63) is 12.3 Å². The van der Waals surface area contributed by atoms with Crippen molar-refractivity contribution in [3.63, 3.8) is 0 Å². The average molecular weight is 131 g/mol. The minimum Gasteiger partial charge on any atom is -0.512 e. The predicted octanol–water partition coefficient (Wildman–Crippen LogP) is -0.0178. The Morgan fingerprint density at radius 2 is 2.22 bits per heavy atom. The Morgan fingerprint density at radius 1 is 1.67 bits per heavy atom. The molecule has 3 heteroatoms. The molecule has 0 saturated heterocycles. The minimum atomic E-state index is 0.115. The predicted molar refractivity (Wildman–Crippen MR) is 36.4 cm³/mol. The van der Waals surface area contributed by atoms with Gasteiger partial charge < -0.3 is 10.2 Å². The van der Waals surface area contributed by atoms with Crippen LogP contribution in [0.4, 0.5) is 0 Å². The zero-order valence-corrected chi connectivity index (χ0v) is 5.67. The van der Waals surface area contributed by atoms with Crippen molar-refractivity contribution in [3.8, 4) is 0 Å². The molecule has 0 atom stereocenters. The summed E-state index contributed by atoms with van der Waals surface area (Å²) in [6.07, 6.45) is 0. The zero-order chi connectivity index (χ0) is 7.28. The summed E-state index contributed by atoms with van der Waals surface area (Å²) in [5.74, 6) is 0.131. The van der Waals surface area contributed by atoms with E-state index in [1.807, 2.05) is 0 Å². The van der Waals surface area contributed by atoms with Gasteiger partial charge in [-0.05, 0) is 7.05 Å². The molecule has 0 aliphatic rings. The van der Waals surface area contributed by atoms with Crippen LogP contribution in [0.25, 0.3) is 0 Å². The van der Waals surface area contributed by atoms with Crippen LogP contribution in [0.15, 0.2) is 12.3 Å². The van der Waals surface area contributed by atoms with Crippen LogP contribution < -0.4 is 0 Å². The second kappa shape index (κ2) is 4.35. The molecule has 0 rings (SSSR count). The van der Waals surface area contributed by atoms with Crippen molar-refractivity contribution in [2.45, 2.75) is 0 Å².